The molecule has 1 aromatic carbocycles. The van der Waals surface area contributed by atoms with Crippen LogP contribution >= 0.6 is 24.0 Å². The van der Waals surface area contributed by atoms with Gasteiger partial charge in [0.1, 0.15) is 0 Å². The number of benzene rings is 1. The summed E-state index contributed by atoms with van der Waals surface area (Å²) < 4.78 is 0. The molecule has 2 N–H and O–H groups in total. The first-order valence-corrected chi connectivity index (χ1v) is 6.26. The summed E-state index contributed by atoms with van der Waals surface area (Å²) in [6, 6.07) is 6.73. The van der Waals surface area contributed by atoms with E-state index in [-0.39, 0.29) is 12.4 Å². The Hall–Kier alpha value is -0.280. The van der Waals surface area contributed by atoms with Crippen molar-refractivity contribution in [2.75, 3.05) is 13.1 Å². The molecule has 0 amide bonds. The maximum Gasteiger partial charge on any atom is 0.0438 e. The normalized spacial score (nSPS) is 17.8. The van der Waals surface area contributed by atoms with Gasteiger partial charge in [-0.2, -0.15) is 0 Å². The van der Waals surface area contributed by atoms with Gasteiger partial charge in [0.15, 0.2) is 0 Å². The summed E-state index contributed by atoms with van der Waals surface area (Å²) in [5.74, 6) is 0. The average molecular weight is 275 g/mol. The van der Waals surface area contributed by atoms with Crippen LogP contribution in [0.5, 0.6) is 0 Å². The summed E-state index contributed by atoms with van der Waals surface area (Å²) in [5.41, 5.74) is 8.33. The highest BCUT2D eigenvalue weighted by molar-refractivity contribution is 6.31. The highest BCUT2D eigenvalue weighted by atomic mass is 35.5. The molecule has 0 bridgehead atoms. The Bertz CT molecular complexity index is 360. The number of nitrogens with two attached hydrogens (primary N) is 1. The number of rotatable bonds is 2. The first-order valence-electron chi connectivity index (χ1n) is 5.88. The quantitative estimate of drug-likeness (QED) is 0.899. The van der Waals surface area contributed by atoms with Crippen LogP contribution in [0.3, 0.4) is 0 Å². The van der Waals surface area contributed by atoms with Crippen molar-refractivity contribution in [3.63, 3.8) is 0 Å². The van der Waals surface area contributed by atoms with Crippen molar-refractivity contribution in [2.24, 2.45) is 5.73 Å². The Balaban J connectivity index is 0.00000144. The monoisotopic (exact) mass is 274 g/mol. The average Bonchev–Trinajstić information content (AvgIpc) is 2.27. The molecule has 96 valence electrons. The number of nitrogens with zero attached hydrogens (tertiary/aromatic N) is 1. The molecule has 1 fully saturated rings. The second-order valence-electron chi connectivity index (χ2n) is 4.70. The molecule has 1 aliphatic heterocycles. The molecule has 17 heavy (non-hydrogen) atoms. The minimum atomic E-state index is 0. The van der Waals surface area contributed by atoms with E-state index in [0.717, 1.165) is 43.1 Å². The van der Waals surface area contributed by atoms with Crippen molar-refractivity contribution in [1.82, 2.24) is 4.90 Å². The van der Waals surface area contributed by atoms with Gasteiger partial charge in [0, 0.05) is 17.6 Å². The lowest BCUT2D eigenvalue weighted by molar-refractivity contribution is 0.205. The zero-order valence-electron chi connectivity index (χ0n) is 10.2. The molecule has 0 radical (unpaired) electrons. The Morgan fingerprint density at radius 3 is 2.59 bits per heavy atom. The number of hydrogen-bond donors (Lipinski definition) is 1. The number of likely N-dealkylation sites (tertiary alicyclic amines) is 1. The van der Waals surface area contributed by atoms with Crippen LogP contribution in [-0.4, -0.2) is 24.0 Å². The summed E-state index contributed by atoms with van der Waals surface area (Å²) >= 11 is 6.12. The molecule has 0 aliphatic carbocycles. The first-order chi connectivity index (χ1) is 7.65. The zero-order chi connectivity index (χ0) is 11.5. The van der Waals surface area contributed by atoms with Crippen LogP contribution in [0.15, 0.2) is 18.2 Å². The van der Waals surface area contributed by atoms with E-state index in [4.69, 9.17) is 17.3 Å². The largest absolute Gasteiger partial charge is 0.328 e. The van der Waals surface area contributed by atoms with Crippen LogP contribution in [0.1, 0.15) is 24.0 Å². The number of aryl methyl sites for hydroxylation is 1. The predicted octanol–water partition coefficient (Wildman–Crippen LogP) is 2.99. The van der Waals surface area contributed by atoms with Crippen LogP contribution in [-0.2, 0) is 6.54 Å². The number of halogens is 2. The first kappa shape index (κ1) is 14.8. The summed E-state index contributed by atoms with van der Waals surface area (Å²) in [7, 11) is 0. The van der Waals surface area contributed by atoms with Crippen LogP contribution in [0, 0.1) is 6.92 Å². The van der Waals surface area contributed by atoms with E-state index in [9.17, 15) is 0 Å². The van der Waals surface area contributed by atoms with Gasteiger partial charge in [-0.1, -0.05) is 23.7 Å². The molecule has 1 aliphatic rings. The van der Waals surface area contributed by atoms with E-state index < -0.39 is 0 Å². The Morgan fingerprint density at radius 1 is 1.35 bits per heavy atom. The molecule has 2 nitrogen and oxygen atoms in total. The van der Waals surface area contributed by atoms with Crippen molar-refractivity contribution in [3.05, 3.63) is 34.3 Å². The summed E-state index contributed by atoms with van der Waals surface area (Å²) in [6.07, 6.45) is 2.22. The molecule has 1 saturated heterocycles. The third-order valence-corrected chi connectivity index (χ3v) is 3.68. The summed E-state index contributed by atoms with van der Waals surface area (Å²) in [6.45, 7) is 5.23. The highest BCUT2D eigenvalue weighted by Gasteiger charge is 2.15. The van der Waals surface area contributed by atoms with Crippen molar-refractivity contribution in [3.8, 4) is 0 Å². The van der Waals surface area contributed by atoms with Crippen LogP contribution in [0.4, 0.5) is 0 Å². The topological polar surface area (TPSA) is 29.3 Å². The van der Waals surface area contributed by atoms with Crippen LogP contribution in [0.25, 0.3) is 0 Å². The van der Waals surface area contributed by atoms with Crippen LogP contribution in [0.2, 0.25) is 5.02 Å². The third-order valence-electron chi connectivity index (χ3n) is 3.27. The fourth-order valence-electron chi connectivity index (χ4n) is 2.10. The third kappa shape index (κ3) is 4.14. The van der Waals surface area contributed by atoms with Gasteiger partial charge in [-0.15, -0.1) is 12.4 Å². The van der Waals surface area contributed by atoms with E-state index in [1.807, 2.05) is 6.92 Å². The van der Waals surface area contributed by atoms with Crippen molar-refractivity contribution in [1.29, 1.82) is 0 Å². The van der Waals surface area contributed by atoms with Crippen LogP contribution < -0.4 is 5.73 Å². The smallest absolute Gasteiger partial charge is 0.0438 e. The van der Waals surface area contributed by atoms with Crippen molar-refractivity contribution >= 4 is 24.0 Å². The minimum absolute atomic E-state index is 0. The molecule has 0 atom stereocenters. The van der Waals surface area contributed by atoms with Crippen molar-refractivity contribution < 1.29 is 0 Å². The van der Waals surface area contributed by atoms with Gasteiger partial charge in [0.2, 0.25) is 0 Å². The van der Waals surface area contributed by atoms with Crippen molar-refractivity contribution in [2.45, 2.75) is 32.4 Å². The second-order valence-corrected chi connectivity index (χ2v) is 5.10. The number of hydrogen-bond acceptors (Lipinski definition) is 2. The van der Waals surface area contributed by atoms with Gasteiger partial charge in [-0.05, 0) is 50.0 Å². The lowest BCUT2D eigenvalue weighted by Crippen LogP contribution is -2.39. The molecule has 0 aromatic heterocycles. The van der Waals surface area contributed by atoms with E-state index in [1.54, 1.807) is 0 Å². The summed E-state index contributed by atoms with van der Waals surface area (Å²) in [5, 5.41) is 0.867. The molecular formula is C13H20Cl2N2. The number of piperidine rings is 1. The molecule has 4 heteroatoms. The predicted molar refractivity (Wildman–Crippen MR) is 75.9 cm³/mol. The Labute approximate surface area is 115 Å². The second kappa shape index (κ2) is 6.60. The molecule has 1 heterocycles. The molecule has 1 aromatic rings. The van der Waals surface area contributed by atoms with Gasteiger partial charge in [0.25, 0.3) is 0 Å². The molecular weight excluding hydrogens is 255 g/mol. The van der Waals surface area contributed by atoms with Gasteiger partial charge in [0.05, 0.1) is 0 Å². The standard InChI is InChI=1S/C13H19ClN2.ClH/c1-10-2-3-11(8-13(10)14)9-16-6-4-12(15)5-7-16;/h2-3,8,12H,4-7,9,15H2,1H3;1H. The summed E-state index contributed by atoms with van der Waals surface area (Å²) in [4.78, 5) is 2.45. The molecule has 0 spiro atoms. The minimum Gasteiger partial charge on any atom is -0.328 e. The fraction of sp³-hybridized carbons (Fsp3) is 0.538. The van der Waals surface area contributed by atoms with Gasteiger partial charge < -0.3 is 5.73 Å². The molecule has 2 rings (SSSR count). The highest BCUT2D eigenvalue weighted by Crippen LogP contribution is 2.19. The van der Waals surface area contributed by atoms with Gasteiger partial charge >= 0.3 is 0 Å². The maximum atomic E-state index is 6.12. The molecule has 0 unspecified atom stereocenters. The van der Waals surface area contributed by atoms with E-state index in [1.165, 1.54) is 5.56 Å². The maximum absolute atomic E-state index is 6.12. The lowest BCUT2D eigenvalue weighted by atomic mass is 10.0. The molecule has 0 saturated carbocycles. The zero-order valence-corrected chi connectivity index (χ0v) is 11.7. The SMILES string of the molecule is Cc1ccc(CN2CCC(N)CC2)cc1Cl.Cl. The van der Waals surface area contributed by atoms with E-state index >= 15 is 0 Å². The van der Waals surface area contributed by atoms with E-state index in [2.05, 4.69) is 23.1 Å². The van der Waals surface area contributed by atoms with Gasteiger partial charge in [-0.25, -0.2) is 0 Å². The Kier molecular flexibility index (Phi) is 5.74. The van der Waals surface area contributed by atoms with E-state index in [0.29, 0.717) is 6.04 Å². The Morgan fingerprint density at radius 2 is 2.00 bits per heavy atom. The fourth-order valence-corrected chi connectivity index (χ4v) is 2.31. The lowest BCUT2D eigenvalue weighted by Gasteiger charge is -2.30. The van der Waals surface area contributed by atoms with Gasteiger partial charge in [-0.3, -0.25) is 4.90 Å².